The molecule has 1 rings (SSSR count). The van der Waals surface area contributed by atoms with Crippen molar-refractivity contribution in [1.29, 1.82) is 0 Å². The summed E-state index contributed by atoms with van der Waals surface area (Å²) in [7, 11) is 0. The Hall–Kier alpha value is 0.0200. The monoisotopic (exact) mass is 409 g/mol. The van der Waals surface area contributed by atoms with Gasteiger partial charge in [0.05, 0.1) is 23.2 Å². The predicted octanol–water partition coefficient (Wildman–Crippen LogP) is 4.24. The molecule has 2 N–H and O–H groups in total. The van der Waals surface area contributed by atoms with Crippen molar-refractivity contribution in [2.75, 3.05) is 17.7 Å². The van der Waals surface area contributed by atoms with E-state index in [0.717, 1.165) is 12.1 Å². The molecule has 1 unspecified atom stereocenters. The van der Waals surface area contributed by atoms with Gasteiger partial charge in [0.1, 0.15) is 0 Å². The molecule has 18 heavy (non-hydrogen) atoms. The minimum absolute atomic E-state index is 0.0445. The van der Waals surface area contributed by atoms with Gasteiger partial charge in [-0.25, -0.2) is 0 Å². The van der Waals surface area contributed by atoms with Gasteiger partial charge in [-0.15, -0.1) is 11.6 Å². The molecule has 0 bridgehead atoms. The average molecular weight is 411 g/mol. The third kappa shape index (κ3) is 4.29. The topological polar surface area (TPSA) is 32.3 Å². The molecular weight excluding hydrogens is 402 g/mol. The van der Waals surface area contributed by atoms with Crippen molar-refractivity contribution in [3.63, 3.8) is 0 Å². The number of hydrogen-bond donors (Lipinski definition) is 2. The van der Waals surface area contributed by atoms with Gasteiger partial charge in [0, 0.05) is 15.5 Å². The molecule has 1 aromatic carbocycles. The standard InChI is InChI=1S/C10H9Br2ClF3NO/c11-7-1-5(10(14,15)16)2-8(12)9(7)17-4-6(18)3-13/h1-2,6,17-18H,3-4H2. The number of rotatable bonds is 4. The number of aliphatic hydroxyl groups is 1. The van der Waals surface area contributed by atoms with Crippen molar-refractivity contribution < 1.29 is 18.3 Å². The molecule has 2 nitrogen and oxygen atoms in total. The van der Waals surface area contributed by atoms with E-state index in [9.17, 15) is 18.3 Å². The Labute approximate surface area is 124 Å². The first kappa shape index (κ1) is 16.1. The van der Waals surface area contributed by atoms with Crippen LogP contribution < -0.4 is 5.32 Å². The molecule has 102 valence electrons. The van der Waals surface area contributed by atoms with Crippen molar-refractivity contribution in [1.82, 2.24) is 0 Å². The summed E-state index contributed by atoms with van der Waals surface area (Å²) in [6.45, 7) is 0.145. The number of nitrogens with one attached hydrogen (secondary N) is 1. The van der Waals surface area contributed by atoms with E-state index in [4.69, 9.17) is 11.6 Å². The Kier molecular flexibility index (Phi) is 5.76. The van der Waals surface area contributed by atoms with Gasteiger partial charge < -0.3 is 10.4 Å². The van der Waals surface area contributed by atoms with E-state index in [-0.39, 0.29) is 21.4 Å². The number of hydrogen-bond acceptors (Lipinski definition) is 2. The van der Waals surface area contributed by atoms with E-state index in [1.165, 1.54) is 0 Å². The van der Waals surface area contributed by atoms with Crippen LogP contribution in [-0.4, -0.2) is 23.6 Å². The van der Waals surface area contributed by atoms with E-state index in [1.54, 1.807) is 0 Å². The number of benzene rings is 1. The summed E-state index contributed by atoms with van der Waals surface area (Å²) in [4.78, 5) is 0. The Morgan fingerprint density at radius 3 is 2.17 bits per heavy atom. The summed E-state index contributed by atoms with van der Waals surface area (Å²) < 4.78 is 38.1. The molecule has 0 radical (unpaired) electrons. The molecule has 0 aliphatic heterocycles. The van der Waals surface area contributed by atoms with Gasteiger partial charge in [-0.3, -0.25) is 0 Å². The molecule has 0 saturated heterocycles. The summed E-state index contributed by atoms with van der Waals surface area (Å²) in [5.74, 6) is 0.0445. The van der Waals surface area contributed by atoms with Crippen LogP contribution in [0.1, 0.15) is 5.56 Å². The van der Waals surface area contributed by atoms with Crippen LogP contribution in [0.4, 0.5) is 18.9 Å². The fourth-order valence-corrected chi connectivity index (χ4v) is 2.76. The summed E-state index contributed by atoms with van der Waals surface area (Å²) in [6.07, 6.45) is -5.17. The maximum atomic E-state index is 12.5. The molecule has 0 spiro atoms. The molecule has 0 fully saturated rings. The first-order chi connectivity index (χ1) is 8.25. The van der Waals surface area contributed by atoms with Crippen LogP contribution in [0.2, 0.25) is 0 Å². The molecule has 0 aliphatic rings. The Bertz CT molecular complexity index is 405. The van der Waals surface area contributed by atoms with Crippen molar-refractivity contribution in [2.45, 2.75) is 12.3 Å². The van der Waals surface area contributed by atoms with E-state index in [1.807, 2.05) is 0 Å². The van der Waals surface area contributed by atoms with Crippen LogP contribution in [-0.2, 0) is 6.18 Å². The Morgan fingerprint density at radius 2 is 1.78 bits per heavy atom. The van der Waals surface area contributed by atoms with Crippen LogP contribution in [0, 0.1) is 0 Å². The Morgan fingerprint density at radius 1 is 1.28 bits per heavy atom. The molecule has 0 amide bonds. The van der Waals surface area contributed by atoms with E-state index >= 15 is 0 Å². The lowest BCUT2D eigenvalue weighted by Gasteiger charge is -2.15. The Balaban J connectivity index is 2.95. The minimum atomic E-state index is -4.40. The van der Waals surface area contributed by atoms with Crippen LogP contribution >= 0.6 is 43.5 Å². The van der Waals surface area contributed by atoms with E-state index in [0.29, 0.717) is 5.69 Å². The number of aliphatic hydroxyl groups excluding tert-OH is 1. The van der Waals surface area contributed by atoms with Crippen molar-refractivity contribution in [3.05, 3.63) is 26.6 Å². The van der Waals surface area contributed by atoms with E-state index < -0.39 is 17.8 Å². The highest BCUT2D eigenvalue weighted by Crippen LogP contribution is 2.38. The van der Waals surface area contributed by atoms with Gasteiger partial charge in [0.15, 0.2) is 0 Å². The lowest BCUT2D eigenvalue weighted by atomic mass is 10.2. The van der Waals surface area contributed by atoms with Crippen LogP contribution in [0.25, 0.3) is 0 Å². The minimum Gasteiger partial charge on any atom is -0.390 e. The third-order valence-electron chi connectivity index (χ3n) is 2.06. The maximum absolute atomic E-state index is 12.5. The molecule has 0 aromatic heterocycles. The zero-order valence-electron chi connectivity index (χ0n) is 8.86. The van der Waals surface area contributed by atoms with Crippen LogP contribution in [0.3, 0.4) is 0 Å². The number of anilines is 1. The predicted molar refractivity (Wildman–Crippen MR) is 72.1 cm³/mol. The second-order valence-electron chi connectivity index (χ2n) is 3.50. The summed E-state index contributed by atoms with van der Waals surface area (Å²) >= 11 is 11.5. The average Bonchev–Trinajstić information content (AvgIpc) is 2.26. The maximum Gasteiger partial charge on any atom is 0.416 e. The highest BCUT2D eigenvalue weighted by Gasteiger charge is 2.31. The lowest BCUT2D eigenvalue weighted by molar-refractivity contribution is -0.137. The molecule has 8 heteroatoms. The zero-order valence-corrected chi connectivity index (χ0v) is 12.8. The SMILES string of the molecule is OC(CCl)CNc1c(Br)cc(C(F)(F)F)cc1Br. The van der Waals surface area contributed by atoms with Gasteiger partial charge >= 0.3 is 6.18 Å². The second kappa shape index (κ2) is 6.45. The summed E-state index contributed by atoms with van der Waals surface area (Å²) in [6, 6.07) is 1.94. The van der Waals surface area contributed by atoms with Gasteiger partial charge in [-0.05, 0) is 44.0 Å². The van der Waals surface area contributed by atoms with Crippen LogP contribution in [0.5, 0.6) is 0 Å². The number of halogens is 6. The van der Waals surface area contributed by atoms with Crippen LogP contribution in [0.15, 0.2) is 21.1 Å². The molecule has 0 saturated carbocycles. The first-order valence-electron chi connectivity index (χ1n) is 4.80. The second-order valence-corrected chi connectivity index (χ2v) is 5.52. The normalized spacial score (nSPS) is 13.5. The van der Waals surface area contributed by atoms with Gasteiger partial charge in [0.2, 0.25) is 0 Å². The first-order valence-corrected chi connectivity index (χ1v) is 6.92. The highest BCUT2D eigenvalue weighted by molar-refractivity contribution is 9.11. The van der Waals surface area contributed by atoms with Gasteiger partial charge in [-0.2, -0.15) is 13.2 Å². The molecule has 1 aromatic rings. The lowest BCUT2D eigenvalue weighted by Crippen LogP contribution is -2.21. The smallest absolute Gasteiger partial charge is 0.390 e. The fraction of sp³-hybridized carbons (Fsp3) is 0.400. The van der Waals surface area contributed by atoms with Gasteiger partial charge in [-0.1, -0.05) is 0 Å². The molecule has 0 heterocycles. The fourth-order valence-electron chi connectivity index (χ4n) is 1.18. The van der Waals surface area contributed by atoms with Crippen molar-refractivity contribution in [2.24, 2.45) is 0 Å². The largest absolute Gasteiger partial charge is 0.416 e. The molecule has 0 aliphatic carbocycles. The summed E-state index contributed by atoms with van der Waals surface area (Å²) in [5, 5.41) is 12.1. The van der Waals surface area contributed by atoms with Crippen molar-refractivity contribution >= 4 is 49.1 Å². The highest BCUT2D eigenvalue weighted by atomic mass is 79.9. The summed E-state index contributed by atoms with van der Waals surface area (Å²) in [5.41, 5.74) is -0.322. The molecular formula is C10H9Br2ClF3NO. The van der Waals surface area contributed by atoms with Gasteiger partial charge in [0.25, 0.3) is 0 Å². The molecule has 1 atom stereocenters. The number of alkyl halides is 4. The van der Waals surface area contributed by atoms with Crippen molar-refractivity contribution in [3.8, 4) is 0 Å². The third-order valence-corrected chi connectivity index (χ3v) is 3.67. The van der Waals surface area contributed by atoms with E-state index in [2.05, 4.69) is 37.2 Å². The zero-order chi connectivity index (χ0) is 13.9. The quantitative estimate of drug-likeness (QED) is 0.727.